The highest BCUT2D eigenvalue weighted by atomic mass is 19.4. The van der Waals surface area contributed by atoms with E-state index < -0.39 is 11.9 Å². The molecule has 1 atom stereocenters. The van der Waals surface area contributed by atoms with Crippen molar-refractivity contribution in [2.24, 2.45) is 0 Å². The van der Waals surface area contributed by atoms with Gasteiger partial charge in [-0.15, -0.1) is 0 Å². The maximum Gasteiger partial charge on any atom is 0.433 e. The second kappa shape index (κ2) is 6.09. The van der Waals surface area contributed by atoms with Crippen molar-refractivity contribution in [2.75, 3.05) is 18.4 Å². The summed E-state index contributed by atoms with van der Waals surface area (Å²) in [5.41, 5.74) is -0.865. The second-order valence-electron chi connectivity index (χ2n) is 4.71. The van der Waals surface area contributed by atoms with Crippen molar-refractivity contribution in [1.29, 1.82) is 5.26 Å². The molecule has 1 aromatic rings. The summed E-state index contributed by atoms with van der Waals surface area (Å²) in [6, 6.07) is 4.20. The Hall–Kier alpha value is -1.81. The zero-order chi connectivity index (χ0) is 14.6. The molecule has 4 nitrogen and oxygen atoms in total. The van der Waals surface area contributed by atoms with Crippen molar-refractivity contribution in [3.63, 3.8) is 0 Å². The lowest BCUT2D eigenvalue weighted by molar-refractivity contribution is -0.141. The Bertz CT molecular complexity index is 501. The van der Waals surface area contributed by atoms with Gasteiger partial charge in [-0.25, -0.2) is 4.98 Å². The van der Waals surface area contributed by atoms with E-state index in [1.54, 1.807) is 0 Å². The summed E-state index contributed by atoms with van der Waals surface area (Å²) < 4.78 is 37.8. The first-order valence-corrected chi connectivity index (χ1v) is 6.46. The molecule has 0 saturated carbocycles. The summed E-state index contributed by atoms with van der Waals surface area (Å²) in [5, 5.41) is 15.0. The molecule has 2 N–H and O–H groups in total. The molecular formula is C13H15F3N4. The Morgan fingerprint density at radius 1 is 1.45 bits per heavy atom. The predicted molar refractivity (Wildman–Crippen MR) is 68.1 cm³/mol. The third-order valence-corrected chi connectivity index (χ3v) is 3.25. The molecule has 20 heavy (non-hydrogen) atoms. The van der Waals surface area contributed by atoms with Gasteiger partial charge in [0.05, 0.1) is 5.56 Å². The maximum atomic E-state index is 12.6. The van der Waals surface area contributed by atoms with Gasteiger partial charge in [-0.3, -0.25) is 0 Å². The van der Waals surface area contributed by atoms with E-state index in [2.05, 4.69) is 15.6 Å². The molecule has 1 aliphatic heterocycles. The summed E-state index contributed by atoms with van der Waals surface area (Å²) in [6.45, 7) is 1.47. The van der Waals surface area contributed by atoms with Gasteiger partial charge in [0.15, 0.2) is 0 Å². The van der Waals surface area contributed by atoms with E-state index >= 15 is 0 Å². The zero-order valence-corrected chi connectivity index (χ0v) is 10.8. The van der Waals surface area contributed by atoms with Gasteiger partial charge in [-0.05, 0) is 37.9 Å². The van der Waals surface area contributed by atoms with Gasteiger partial charge in [0.1, 0.15) is 17.6 Å². The molecule has 1 fully saturated rings. The molecule has 2 heterocycles. The first-order chi connectivity index (χ1) is 9.50. The minimum absolute atomic E-state index is 0.000298. The molecule has 1 saturated heterocycles. The Morgan fingerprint density at radius 2 is 2.25 bits per heavy atom. The summed E-state index contributed by atoms with van der Waals surface area (Å²) in [6.07, 6.45) is -1.51. The van der Waals surface area contributed by atoms with Crippen LogP contribution in [0.25, 0.3) is 0 Å². The number of halogens is 3. The van der Waals surface area contributed by atoms with E-state index in [-0.39, 0.29) is 11.4 Å². The SMILES string of the molecule is N#Cc1ccc(C(F)(F)F)nc1NCC[C@H]1CCCN1. The van der Waals surface area contributed by atoms with E-state index in [1.165, 1.54) is 0 Å². The Kier molecular flexibility index (Phi) is 4.45. The van der Waals surface area contributed by atoms with Crippen LogP contribution in [0.5, 0.6) is 0 Å². The molecule has 0 spiro atoms. The van der Waals surface area contributed by atoms with Crippen LogP contribution in [0.2, 0.25) is 0 Å². The van der Waals surface area contributed by atoms with E-state index in [0.29, 0.717) is 12.6 Å². The lowest BCUT2D eigenvalue weighted by atomic mass is 10.1. The van der Waals surface area contributed by atoms with Crippen molar-refractivity contribution in [1.82, 2.24) is 10.3 Å². The fourth-order valence-electron chi connectivity index (χ4n) is 2.21. The Balaban J connectivity index is 2.02. The van der Waals surface area contributed by atoms with E-state index in [9.17, 15) is 13.2 Å². The molecule has 7 heteroatoms. The van der Waals surface area contributed by atoms with Crippen LogP contribution in [0.15, 0.2) is 12.1 Å². The normalized spacial score (nSPS) is 18.8. The van der Waals surface area contributed by atoms with E-state index in [0.717, 1.165) is 37.9 Å². The largest absolute Gasteiger partial charge is 0.433 e. The topological polar surface area (TPSA) is 60.7 Å². The van der Waals surface area contributed by atoms with Crippen LogP contribution in [0, 0.1) is 11.3 Å². The van der Waals surface area contributed by atoms with Gasteiger partial charge in [-0.1, -0.05) is 0 Å². The summed E-state index contributed by atoms with van der Waals surface area (Å²) in [5.74, 6) is 0.000298. The van der Waals surface area contributed by atoms with Gasteiger partial charge in [0, 0.05) is 12.6 Å². The second-order valence-corrected chi connectivity index (χ2v) is 4.71. The number of hydrogen-bond acceptors (Lipinski definition) is 4. The zero-order valence-electron chi connectivity index (χ0n) is 10.8. The average Bonchev–Trinajstić information content (AvgIpc) is 2.90. The molecule has 0 radical (unpaired) electrons. The lowest BCUT2D eigenvalue weighted by Gasteiger charge is -2.13. The summed E-state index contributed by atoms with van der Waals surface area (Å²) in [7, 11) is 0. The van der Waals surface area contributed by atoms with Gasteiger partial charge in [0.2, 0.25) is 0 Å². The third kappa shape index (κ3) is 3.61. The van der Waals surface area contributed by atoms with Crippen molar-refractivity contribution < 1.29 is 13.2 Å². The quantitative estimate of drug-likeness (QED) is 0.892. The molecule has 0 aliphatic carbocycles. The standard InChI is InChI=1S/C13H15F3N4/c14-13(15,16)11-4-3-9(8-17)12(20-11)19-7-5-10-2-1-6-18-10/h3-4,10,18H,1-2,5-7H2,(H,19,20)/t10-/m1/s1. The molecule has 108 valence electrons. The fraction of sp³-hybridized carbons (Fsp3) is 0.538. The van der Waals surface area contributed by atoms with Crippen LogP contribution < -0.4 is 10.6 Å². The van der Waals surface area contributed by atoms with Gasteiger partial charge < -0.3 is 10.6 Å². The van der Waals surface area contributed by atoms with Crippen molar-refractivity contribution >= 4 is 5.82 Å². The minimum Gasteiger partial charge on any atom is -0.369 e. The van der Waals surface area contributed by atoms with Crippen LogP contribution in [0.4, 0.5) is 19.0 Å². The molecule has 0 aromatic carbocycles. The number of aromatic nitrogens is 1. The van der Waals surface area contributed by atoms with Crippen LogP contribution in [0.3, 0.4) is 0 Å². The molecule has 2 rings (SSSR count). The number of nitriles is 1. The van der Waals surface area contributed by atoms with E-state index in [1.807, 2.05) is 6.07 Å². The monoisotopic (exact) mass is 284 g/mol. The van der Waals surface area contributed by atoms with Crippen molar-refractivity contribution in [3.8, 4) is 6.07 Å². The fourth-order valence-corrected chi connectivity index (χ4v) is 2.21. The number of pyridine rings is 1. The highest BCUT2D eigenvalue weighted by Crippen LogP contribution is 2.29. The maximum absolute atomic E-state index is 12.6. The Morgan fingerprint density at radius 3 is 2.85 bits per heavy atom. The predicted octanol–water partition coefficient (Wildman–Crippen LogP) is 2.53. The first-order valence-electron chi connectivity index (χ1n) is 6.46. The Labute approximate surface area is 115 Å². The molecule has 0 amide bonds. The lowest BCUT2D eigenvalue weighted by Crippen LogP contribution is -2.24. The number of nitrogens with one attached hydrogen (secondary N) is 2. The van der Waals surface area contributed by atoms with E-state index in [4.69, 9.17) is 5.26 Å². The highest BCUT2D eigenvalue weighted by molar-refractivity contribution is 5.52. The minimum atomic E-state index is -4.50. The van der Waals surface area contributed by atoms with Crippen LogP contribution in [0.1, 0.15) is 30.5 Å². The van der Waals surface area contributed by atoms with Crippen molar-refractivity contribution in [2.45, 2.75) is 31.5 Å². The van der Waals surface area contributed by atoms with Crippen LogP contribution in [-0.2, 0) is 6.18 Å². The third-order valence-electron chi connectivity index (χ3n) is 3.25. The molecule has 1 aromatic heterocycles. The van der Waals surface area contributed by atoms with Gasteiger partial charge in [-0.2, -0.15) is 18.4 Å². The van der Waals surface area contributed by atoms with Gasteiger partial charge >= 0.3 is 6.18 Å². The summed E-state index contributed by atoms with van der Waals surface area (Å²) in [4.78, 5) is 3.50. The molecule has 1 aliphatic rings. The number of anilines is 1. The molecule has 0 unspecified atom stereocenters. The highest BCUT2D eigenvalue weighted by Gasteiger charge is 2.33. The number of rotatable bonds is 4. The molecular weight excluding hydrogens is 269 g/mol. The van der Waals surface area contributed by atoms with Crippen molar-refractivity contribution in [3.05, 3.63) is 23.4 Å². The van der Waals surface area contributed by atoms with Gasteiger partial charge in [0.25, 0.3) is 0 Å². The smallest absolute Gasteiger partial charge is 0.369 e. The number of alkyl halides is 3. The van der Waals surface area contributed by atoms with Crippen LogP contribution in [-0.4, -0.2) is 24.1 Å². The first kappa shape index (κ1) is 14.6. The van der Waals surface area contributed by atoms with Crippen LogP contribution >= 0.6 is 0 Å². The summed E-state index contributed by atoms with van der Waals surface area (Å²) >= 11 is 0. The average molecular weight is 284 g/mol. The number of nitrogens with zero attached hydrogens (tertiary/aromatic N) is 2. The number of hydrogen-bond donors (Lipinski definition) is 2. The molecule has 0 bridgehead atoms.